The Bertz CT molecular complexity index is 300. The number of amides is 1. The summed E-state index contributed by atoms with van der Waals surface area (Å²) < 4.78 is 0.792. The minimum atomic E-state index is -0.207. The smallest absolute Gasteiger partial charge is 0.262 e. The third-order valence-corrected chi connectivity index (χ3v) is 3.31. The van der Waals surface area contributed by atoms with Gasteiger partial charge in [-0.3, -0.25) is 4.79 Å². The molecule has 72 valence electrons. The summed E-state index contributed by atoms with van der Waals surface area (Å²) in [6.45, 7) is 1.70. The van der Waals surface area contributed by atoms with Gasteiger partial charge in [0.15, 0.2) is 0 Å². The Labute approximate surface area is 88.9 Å². The summed E-state index contributed by atoms with van der Waals surface area (Å²) in [6, 6.07) is 1.62. The Morgan fingerprint density at radius 1 is 1.85 bits per heavy atom. The molecule has 0 radical (unpaired) electrons. The van der Waals surface area contributed by atoms with Crippen LogP contribution in [0.25, 0.3) is 0 Å². The fraction of sp³-hybridized carbons (Fsp3) is 0.375. The number of carbonyl (C=O) groups excluding carboxylic acids is 1. The van der Waals surface area contributed by atoms with Crippen LogP contribution in [0, 0.1) is 0 Å². The van der Waals surface area contributed by atoms with Crippen molar-refractivity contribution in [1.82, 2.24) is 5.32 Å². The number of aliphatic hydroxyl groups excluding tert-OH is 1. The van der Waals surface area contributed by atoms with E-state index in [4.69, 9.17) is 5.11 Å². The lowest BCUT2D eigenvalue weighted by Gasteiger charge is -2.09. The van der Waals surface area contributed by atoms with Gasteiger partial charge in [0.2, 0.25) is 0 Å². The number of hydrogen-bond donors (Lipinski definition) is 2. The van der Waals surface area contributed by atoms with Crippen molar-refractivity contribution in [3.63, 3.8) is 0 Å². The van der Waals surface area contributed by atoms with Gasteiger partial charge < -0.3 is 10.4 Å². The molecule has 0 aromatic carbocycles. The standard InChI is InChI=1S/C8H10BrNO2S/c1-5(4-11)10-8(12)7-6(9)2-3-13-7/h2-3,5,11H,4H2,1H3,(H,10,12)/t5-/m0/s1. The zero-order chi connectivity index (χ0) is 9.84. The van der Waals surface area contributed by atoms with Crippen molar-refractivity contribution in [3.8, 4) is 0 Å². The largest absolute Gasteiger partial charge is 0.394 e. The van der Waals surface area contributed by atoms with Crippen LogP contribution < -0.4 is 5.32 Å². The minimum Gasteiger partial charge on any atom is -0.394 e. The Morgan fingerprint density at radius 3 is 3.00 bits per heavy atom. The van der Waals surface area contributed by atoms with Crippen LogP contribution in [-0.4, -0.2) is 23.7 Å². The lowest BCUT2D eigenvalue weighted by atomic mass is 10.3. The van der Waals surface area contributed by atoms with Crippen LogP contribution in [0.4, 0.5) is 0 Å². The van der Waals surface area contributed by atoms with Crippen molar-refractivity contribution in [2.45, 2.75) is 13.0 Å². The Morgan fingerprint density at radius 2 is 2.54 bits per heavy atom. The second kappa shape index (κ2) is 4.74. The molecule has 1 aromatic heterocycles. The fourth-order valence-electron chi connectivity index (χ4n) is 0.791. The zero-order valence-corrected chi connectivity index (χ0v) is 9.48. The second-order valence-corrected chi connectivity index (χ2v) is 4.43. The quantitative estimate of drug-likeness (QED) is 0.871. The summed E-state index contributed by atoms with van der Waals surface area (Å²) in [7, 11) is 0. The minimum absolute atomic E-state index is 0.0469. The molecule has 0 unspecified atom stereocenters. The molecule has 13 heavy (non-hydrogen) atoms. The van der Waals surface area contributed by atoms with Crippen molar-refractivity contribution in [3.05, 3.63) is 20.8 Å². The van der Waals surface area contributed by atoms with E-state index in [1.54, 1.807) is 6.92 Å². The molecular weight excluding hydrogens is 254 g/mol. The van der Waals surface area contributed by atoms with E-state index in [-0.39, 0.29) is 18.6 Å². The lowest BCUT2D eigenvalue weighted by molar-refractivity contribution is 0.0926. The molecule has 0 aliphatic carbocycles. The van der Waals surface area contributed by atoms with Crippen LogP contribution in [-0.2, 0) is 0 Å². The first-order valence-corrected chi connectivity index (χ1v) is 5.47. The Kier molecular flexibility index (Phi) is 3.90. The highest BCUT2D eigenvalue weighted by atomic mass is 79.9. The van der Waals surface area contributed by atoms with Gasteiger partial charge in [0.05, 0.1) is 6.61 Å². The fourth-order valence-corrected chi connectivity index (χ4v) is 2.25. The average molecular weight is 264 g/mol. The van der Waals surface area contributed by atoms with Crippen molar-refractivity contribution >= 4 is 33.2 Å². The van der Waals surface area contributed by atoms with Gasteiger partial charge in [0.1, 0.15) is 4.88 Å². The monoisotopic (exact) mass is 263 g/mol. The summed E-state index contributed by atoms with van der Waals surface area (Å²) in [6.07, 6.45) is 0. The van der Waals surface area contributed by atoms with Gasteiger partial charge in [-0.05, 0) is 34.3 Å². The summed E-state index contributed by atoms with van der Waals surface area (Å²) >= 11 is 4.64. The van der Waals surface area contributed by atoms with Gasteiger partial charge >= 0.3 is 0 Å². The molecule has 1 amide bonds. The summed E-state index contributed by atoms with van der Waals surface area (Å²) in [5.74, 6) is -0.150. The topological polar surface area (TPSA) is 49.3 Å². The maximum absolute atomic E-state index is 11.5. The van der Waals surface area contributed by atoms with Gasteiger partial charge in [-0.2, -0.15) is 0 Å². The Hall–Kier alpha value is -0.390. The molecule has 0 fully saturated rings. The maximum Gasteiger partial charge on any atom is 0.262 e. The number of rotatable bonds is 3. The number of thiophene rings is 1. The van der Waals surface area contributed by atoms with Crippen molar-refractivity contribution in [2.75, 3.05) is 6.61 Å². The number of carbonyl (C=O) groups is 1. The molecule has 0 bridgehead atoms. The number of nitrogens with one attached hydrogen (secondary N) is 1. The Balaban J connectivity index is 2.64. The number of halogens is 1. The summed E-state index contributed by atoms with van der Waals surface area (Å²) in [4.78, 5) is 12.1. The highest BCUT2D eigenvalue weighted by Gasteiger charge is 2.12. The molecule has 1 rings (SSSR count). The highest BCUT2D eigenvalue weighted by molar-refractivity contribution is 9.10. The SMILES string of the molecule is C[C@@H](CO)NC(=O)c1sccc1Br. The van der Waals surface area contributed by atoms with Crippen LogP contribution >= 0.6 is 27.3 Å². The summed E-state index contributed by atoms with van der Waals surface area (Å²) in [5, 5.41) is 13.2. The molecule has 3 nitrogen and oxygen atoms in total. The van der Waals surface area contributed by atoms with Crippen molar-refractivity contribution in [1.29, 1.82) is 0 Å². The molecule has 0 spiro atoms. The van der Waals surface area contributed by atoms with E-state index in [1.165, 1.54) is 11.3 Å². The van der Waals surface area contributed by atoms with Crippen LogP contribution in [0.1, 0.15) is 16.6 Å². The van der Waals surface area contributed by atoms with E-state index in [1.807, 2.05) is 11.4 Å². The van der Waals surface area contributed by atoms with E-state index in [2.05, 4.69) is 21.2 Å². The van der Waals surface area contributed by atoms with E-state index >= 15 is 0 Å². The van der Waals surface area contributed by atoms with Crippen LogP contribution in [0.2, 0.25) is 0 Å². The highest BCUT2D eigenvalue weighted by Crippen LogP contribution is 2.22. The van der Waals surface area contributed by atoms with Crippen LogP contribution in [0.5, 0.6) is 0 Å². The van der Waals surface area contributed by atoms with Gasteiger partial charge in [-0.25, -0.2) is 0 Å². The molecule has 5 heteroatoms. The van der Waals surface area contributed by atoms with E-state index in [0.29, 0.717) is 4.88 Å². The normalized spacial score (nSPS) is 12.5. The van der Waals surface area contributed by atoms with Crippen molar-refractivity contribution < 1.29 is 9.90 Å². The predicted octanol–water partition coefficient (Wildman–Crippen LogP) is 1.62. The third kappa shape index (κ3) is 2.79. The molecule has 1 aromatic rings. The van der Waals surface area contributed by atoms with E-state index < -0.39 is 0 Å². The first kappa shape index (κ1) is 10.7. The third-order valence-electron chi connectivity index (χ3n) is 1.47. The maximum atomic E-state index is 11.5. The van der Waals surface area contributed by atoms with Crippen LogP contribution in [0.15, 0.2) is 15.9 Å². The lowest BCUT2D eigenvalue weighted by Crippen LogP contribution is -2.34. The first-order chi connectivity index (χ1) is 6.15. The van der Waals surface area contributed by atoms with Gasteiger partial charge in [-0.15, -0.1) is 11.3 Å². The first-order valence-electron chi connectivity index (χ1n) is 3.80. The van der Waals surface area contributed by atoms with Gasteiger partial charge in [0, 0.05) is 10.5 Å². The average Bonchev–Trinajstić information content (AvgIpc) is 2.51. The molecule has 0 saturated heterocycles. The zero-order valence-electron chi connectivity index (χ0n) is 7.08. The molecule has 2 N–H and O–H groups in total. The molecule has 0 aliphatic heterocycles. The molecule has 1 atom stereocenters. The molecule has 0 aliphatic rings. The number of aliphatic hydroxyl groups is 1. The molecule has 1 heterocycles. The van der Waals surface area contributed by atoms with Crippen molar-refractivity contribution in [2.24, 2.45) is 0 Å². The van der Waals surface area contributed by atoms with Gasteiger partial charge in [-0.1, -0.05) is 0 Å². The molecular formula is C8H10BrNO2S. The second-order valence-electron chi connectivity index (χ2n) is 2.65. The van der Waals surface area contributed by atoms with E-state index in [0.717, 1.165) is 4.47 Å². The summed E-state index contributed by atoms with van der Waals surface area (Å²) in [5.41, 5.74) is 0. The molecule has 0 saturated carbocycles. The number of hydrogen-bond acceptors (Lipinski definition) is 3. The van der Waals surface area contributed by atoms with Gasteiger partial charge in [0.25, 0.3) is 5.91 Å². The van der Waals surface area contributed by atoms with Crippen LogP contribution in [0.3, 0.4) is 0 Å². The van der Waals surface area contributed by atoms with E-state index in [9.17, 15) is 4.79 Å². The predicted molar refractivity (Wildman–Crippen MR) is 56.0 cm³/mol.